The molecule has 1 amide bonds. The summed E-state index contributed by atoms with van der Waals surface area (Å²) in [4.78, 5) is 28.2. The Labute approximate surface area is 148 Å². The van der Waals surface area contributed by atoms with Crippen molar-refractivity contribution in [2.24, 2.45) is 0 Å². The number of halogens is 1. The second-order valence-corrected chi connectivity index (χ2v) is 6.42. The van der Waals surface area contributed by atoms with Crippen LogP contribution >= 0.6 is 0 Å². The van der Waals surface area contributed by atoms with Gasteiger partial charge in [-0.05, 0) is 35.7 Å². The van der Waals surface area contributed by atoms with Crippen molar-refractivity contribution in [1.29, 1.82) is 0 Å². The Kier molecular flexibility index (Phi) is 3.91. The monoisotopic (exact) mass is 353 g/mol. The highest BCUT2D eigenvalue weighted by atomic mass is 19.1. The van der Waals surface area contributed by atoms with E-state index in [0.29, 0.717) is 30.6 Å². The number of hydrogen-bond donors (Lipinski definition) is 1. The van der Waals surface area contributed by atoms with Crippen LogP contribution in [0.1, 0.15) is 16.7 Å². The first kappa shape index (κ1) is 16.3. The predicted octanol–water partition coefficient (Wildman–Crippen LogP) is 3.34. The fraction of sp³-hybridized carbons (Fsp3) is 0.211. The lowest BCUT2D eigenvalue weighted by molar-refractivity contribution is -0.385. The van der Waals surface area contributed by atoms with Crippen LogP contribution in [0.5, 0.6) is 0 Å². The first-order valence-electron chi connectivity index (χ1n) is 8.31. The first-order chi connectivity index (χ1) is 12.5. The van der Waals surface area contributed by atoms with Crippen molar-refractivity contribution in [3.05, 3.63) is 75.2 Å². The highest BCUT2D eigenvalue weighted by molar-refractivity contribution is 5.89. The first-order valence-corrected chi connectivity index (χ1v) is 8.31. The number of carbonyl (C=O) groups is 1. The number of carbonyl (C=O) groups excluding carboxylic acids is 1. The Balaban J connectivity index is 1.54. The molecular weight excluding hydrogens is 337 g/mol. The third kappa shape index (κ3) is 2.81. The number of benzene rings is 2. The van der Waals surface area contributed by atoms with Gasteiger partial charge in [0.1, 0.15) is 5.82 Å². The fourth-order valence-electron chi connectivity index (χ4n) is 3.55. The van der Waals surface area contributed by atoms with Gasteiger partial charge in [-0.3, -0.25) is 14.9 Å². The quantitative estimate of drug-likeness (QED) is 0.579. The number of nitro groups is 1. The largest absolute Gasteiger partial charge is 0.361 e. The molecule has 1 aliphatic rings. The maximum atomic E-state index is 13.3. The number of H-pyrrole nitrogens is 1. The minimum Gasteiger partial charge on any atom is -0.361 e. The molecule has 0 unspecified atom stereocenters. The zero-order valence-corrected chi connectivity index (χ0v) is 13.9. The molecule has 1 N–H and O–H groups in total. The molecule has 1 aromatic heterocycles. The Morgan fingerprint density at radius 1 is 1.31 bits per heavy atom. The van der Waals surface area contributed by atoms with Gasteiger partial charge in [-0.15, -0.1) is 0 Å². The van der Waals surface area contributed by atoms with Gasteiger partial charge in [0.05, 0.1) is 11.3 Å². The molecule has 3 aromatic rings. The lowest BCUT2D eigenvalue weighted by Gasteiger charge is -2.28. The lowest BCUT2D eigenvalue weighted by Crippen LogP contribution is -2.37. The van der Waals surface area contributed by atoms with Crippen molar-refractivity contribution >= 4 is 22.5 Å². The fourth-order valence-corrected chi connectivity index (χ4v) is 3.55. The van der Waals surface area contributed by atoms with Crippen LogP contribution in [0.4, 0.5) is 10.1 Å². The third-order valence-corrected chi connectivity index (χ3v) is 4.86. The highest BCUT2D eigenvalue weighted by Crippen LogP contribution is 2.28. The van der Waals surface area contributed by atoms with Gasteiger partial charge >= 0.3 is 0 Å². The van der Waals surface area contributed by atoms with E-state index in [-0.39, 0.29) is 28.8 Å². The molecular formula is C19H16FN3O3. The van der Waals surface area contributed by atoms with E-state index in [1.54, 1.807) is 23.2 Å². The molecule has 0 fully saturated rings. The normalized spacial score (nSPS) is 13.7. The number of fused-ring (bicyclic) bond motifs is 2. The maximum Gasteiger partial charge on any atom is 0.272 e. The summed E-state index contributed by atoms with van der Waals surface area (Å²) in [5.74, 6) is -0.376. The van der Waals surface area contributed by atoms with Crippen molar-refractivity contribution < 1.29 is 14.1 Å². The van der Waals surface area contributed by atoms with E-state index in [1.807, 2.05) is 6.07 Å². The third-order valence-electron chi connectivity index (χ3n) is 4.86. The van der Waals surface area contributed by atoms with Crippen LogP contribution in [0, 0.1) is 15.9 Å². The number of amides is 1. The van der Waals surface area contributed by atoms with Crippen LogP contribution in [0.15, 0.2) is 42.6 Å². The second-order valence-electron chi connectivity index (χ2n) is 6.42. The molecule has 0 aliphatic carbocycles. The summed E-state index contributed by atoms with van der Waals surface area (Å²) in [5.41, 5.74) is 3.12. The Bertz CT molecular complexity index is 1030. The Morgan fingerprint density at radius 2 is 2.15 bits per heavy atom. The molecule has 26 heavy (non-hydrogen) atoms. The molecule has 4 rings (SSSR count). The van der Waals surface area contributed by atoms with Crippen molar-refractivity contribution in [1.82, 2.24) is 9.88 Å². The zero-order chi connectivity index (χ0) is 18.3. The van der Waals surface area contributed by atoms with E-state index in [4.69, 9.17) is 0 Å². The van der Waals surface area contributed by atoms with Crippen molar-refractivity contribution in [3.63, 3.8) is 0 Å². The average molecular weight is 353 g/mol. The maximum absolute atomic E-state index is 13.3. The van der Waals surface area contributed by atoms with Gasteiger partial charge in [0, 0.05) is 41.8 Å². The predicted molar refractivity (Wildman–Crippen MR) is 94.2 cm³/mol. The molecule has 6 nitrogen and oxygen atoms in total. The highest BCUT2D eigenvalue weighted by Gasteiger charge is 2.26. The van der Waals surface area contributed by atoms with Gasteiger partial charge in [0.2, 0.25) is 5.91 Å². The second kappa shape index (κ2) is 6.25. The van der Waals surface area contributed by atoms with E-state index in [2.05, 4.69) is 4.98 Å². The molecule has 0 spiro atoms. The Hall–Kier alpha value is -3.22. The van der Waals surface area contributed by atoms with Gasteiger partial charge in [0.15, 0.2) is 0 Å². The molecule has 132 valence electrons. The average Bonchev–Trinajstić information content (AvgIpc) is 3.02. The summed E-state index contributed by atoms with van der Waals surface area (Å²) < 4.78 is 13.3. The smallest absolute Gasteiger partial charge is 0.272 e. The van der Waals surface area contributed by atoms with E-state index in [0.717, 1.165) is 16.5 Å². The summed E-state index contributed by atoms with van der Waals surface area (Å²) in [7, 11) is 0. The van der Waals surface area contributed by atoms with Crippen LogP contribution in [0.2, 0.25) is 0 Å². The zero-order valence-electron chi connectivity index (χ0n) is 13.9. The van der Waals surface area contributed by atoms with E-state index in [1.165, 1.54) is 18.2 Å². The van der Waals surface area contributed by atoms with Gasteiger partial charge in [-0.1, -0.05) is 12.1 Å². The van der Waals surface area contributed by atoms with Crippen LogP contribution in [-0.4, -0.2) is 27.3 Å². The van der Waals surface area contributed by atoms with Crippen LogP contribution in [-0.2, 0) is 24.2 Å². The molecule has 0 atom stereocenters. The molecule has 2 heterocycles. The molecule has 1 aliphatic heterocycles. The number of nitrogens with one attached hydrogen (secondary N) is 1. The number of nitrogens with zero attached hydrogens (tertiary/aromatic N) is 2. The standard InChI is InChI=1S/C19H16FN3O3/c20-14-4-5-15-13(10-21-17(15)9-14)8-19(24)22-7-6-16-12(11-22)2-1-3-18(16)23(25)26/h1-5,9-10,21H,6-8,11H2. The summed E-state index contributed by atoms with van der Waals surface area (Å²) in [6.07, 6.45) is 2.40. The van der Waals surface area contributed by atoms with E-state index < -0.39 is 0 Å². The topological polar surface area (TPSA) is 79.2 Å². The summed E-state index contributed by atoms with van der Waals surface area (Å²) in [6.45, 7) is 0.820. The summed E-state index contributed by atoms with van der Waals surface area (Å²) in [6, 6.07) is 9.43. The molecule has 0 saturated heterocycles. The number of hydrogen-bond acceptors (Lipinski definition) is 3. The number of aromatic nitrogens is 1. The van der Waals surface area contributed by atoms with Crippen molar-refractivity contribution in [2.45, 2.75) is 19.4 Å². The van der Waals surface area contributed by atoms with Crippen molar-refractivity contribution in [3.8, 4) is 0 Å². The van der Waals surface area contributed by atoms with Crippen LogP contribution < -0.4 is 0 Å². The number of rotatable bonds is 3. The van der Waals surface area contributed by atoms with Gasteiger partial charge < -0.3 is 9.88 Å². The Morgan fingerprint density at radius 3 is 2.96 bits per heavy atom. The van der Waals surface area contributed by atoms with Crippen LogP contribution in [0.3, 0.4) is 0 Å². The van der Waals surface area contributed by atoms with Gasteiger partial charge in [-0.2, -0.15) is 0 Å². The SMILES string of the molecule is O=C(Cc1c[nH]c2cc(F)ccc12)N1CCc2c(cccc2[N+](=O)[O-])C1. The van der Waals surface area contributed by atoms with Crippen molar-refractivity contribution in [2.75, 3.05) is 6.54 Å². The van der Waals surface area contributed by atoms with Gasteiger partial charge in [-0.25, -0.2) is 4.39 Å². The minimum absolute atomic E-state index is 0.0487. The summed E-state index contributed by atoms with van der Waals surface area (Å²) >= 11 is 0. The minimum atomic E-state index is -0.374. The molecule has 2 aromatic carbocycles. The van der Waals surface area contributed by atoms with E-state index in [9.17, 15) is 19.3 Å². The lowest BCUT2D eigenvalue weighted by atomic mass is 9.97. The summed E-state index contributed by atoms with van der Waals surface area (Å²) in [5, 5.41) is 12.0. The number of nitro benzene ring substituents is 1. The molecule has 0 bridgehead atoms. The molecule has 0 radical (unpaired) electrons. The van der Waals surface area contributed by atoms with Gasteiger partial charge in [0.25, 0.3) is 5.69 Å². The van der Waals surface area contributed by atoms with E-state index >= 15 is 0 Å². The molecule has 7 heteroatoms. The number of aromatic amines is 1. The molecule has 0 saturated carbocycles. The van der Waals surface area contributed by atoms with Crippen LogP contribution in [0.25, 0.3) is 10.9 Å².